The average molecular weight is 341 g/mol. The van der Waals surface area contributed by atoms with Crippen LogP contribution >= 0.6 is 11.8 Å². The second-order valence-electron chi connectivity index (χ2n) is 5.60. The fourth-order valence-electron chi connectivity index (χ4n) is 2.61. The third-order valence-electron chi connectivity index (χ3n) is 3.83. The lowest BCUT2D eigenvalue weighted by Gasteiger charge is -2.28. The maximum absolute atomic E-state index is 12.5. The van der Waals surface area contributed by atoms with Gasteiger partial charge in [0.1, 0.15) is 0 Å². The van der Waals surface area contributed by atoms with Gasteiger partial charge in [0.15, 0.2) is 9.84 Å². The van der Waals surface area contributed by atoms with Crippen molar-refractivity contribution in [1.29, 1.82) is 0 Å². The van der Waals surface area contributed by atoms with Gasteiger partial charge in [0.25, 0.3) is 0 Å². The highest BCUT2D eigenvalue weighted by Crippen LogP contribution is 2.22. The number of benzene rings is 1. The minimum absolute atomic E-state index is 0.0457. The predicted octanol–water partition coefficient (Wildman–Crippen LogP) is 2.59. The van der Waals surface area contributed by atoms with Crippen molar-refractivity contribution >= 4 is 27.5 Å². The summed E-state index contributed by atoms with van der Waals surface area (Å²) >= 11 is 1.51. The van der Waals surface area contributed by atoms with Crippen LogP contribution in [0.1, 0.15) is 26.2 Å². The van der Waals surface area contributed by atoms with Crippen LogP contribution in [0.15, 0.2) is 35.2 Å². The fraction of sp³-hybridized carbons (Fsp3) is 0.562. The molecule has 1 aromatic carbocycles. The summed E-state index contributed by atoms with van der Waals surface area (Å²) in [4.78, 5) is 15.4. The summed E-state index contributed by atoms with van der Waals surface area (Å²) in [5.74, 6) is 0.742. The zero-order valence-corrected chi connectivity index (χ0v) is 14.5. The maximum atomic E-state index is 12.5. The summed E-state index contributed by atoms with van der Waals surface area (Å²) in [6, 6.07) is 9.67. The van der Waals surface area contributed by atoms with Crippen molar-refractivity contribution in [2.24, 2.45) is 0 Å². The highest BCUT2D eigenvalue weighted by molar-refractivity contribution is 8.00. The summed E-state index contributed by atoms with van der Waals surface area (Å²) < 4.78 is 23.4. The van der Waals surface area contributed by atoms with Gasteiger partial charge in [-0.15, -0.1) is 11.8 Å². The zero-order valence-electron chi connectivity index (χ0n) is 12.9. The molecule has 1 aromatic rings. The van der Waals surface area contributed by atoms with Gasteiger partial charge in [-0.3, -0.25) is 4.79 Å². The maximum Gasteiger partial charge on any atom is 0.233 e. The number of unbranched alkanes of at least 4 members (excludes halogenated alkanes) is 1. The first kappa shape index (κ1) is 17.3. The Morgan fingerprint density at radius 1 is 1.32 bits per heavy atom. The normalized spacial score (nSPS) is 20.0. The van der Waals surface area contributed by atoms with Gasteiger partial charge in [0, 0.05) is 17.5 Å². The van der Waals surface area contributed by atoms with Crippen molar-refractivity contribution in [3.63, 3.8) is 0 Å². The molecule has 1 atom stereocenters. The molecule has 4 nitrogen and oxygen atoms in total. The molecule has 0 aromatic heterocycles. The van der Waals surface area contributed by atoms with E-state index in [1.807, 2.05) is 30.3 Å². The number of sulfone groups is 1. The number of hydrogen-bond donors (Lipinski definition) is 0. The van der Waals surface area contributed by atoms with Crippen molar-refractivity contribution in [2.75, 3.05) is 23.8 Å². The molecule has 1 aliphatic heterocycles. The van der Waals surface area contributed by atoms with E-state index in [9.17, 15) is 13.2 Å². The van der Waals surface area contributed by atoms with Gasteiger partial charge in [0.05, 0.1) is 17.3 Å². The van der Waals surface area contributed by atoms with Gasteiger partial charge in [-0.05, 0) is 25.0 Å². The van der Waals surface area contributed by atoms with Crippen LogP contribution in [0.3, 0.4) is 0 Å². The SMILES string of the molecule is CCCCN(C(=O)CSc1ccccc1)C1CCS(=O)(=O)C1. The van der Waals surface area contributed by atoms with Crippen LogP contribution in [0.2, 0.25) is 0 Å². The fourth-order valence-corrected chi connectivity index (χ4v) is 5.14. The Labute approximate surface area is 137 Å². The molecular weight excluding hydrogens is 318 g/mol. The lowest BCUT2D eigenvalue weighted by atomic mass is 10.2. The highest BCUT2D eigenvalue weighted by Gasteiger charge is 2.34. The standard InChI is InChI=1S/C16H23NO3S2/c1-2-3-10-17(14-9-11-22(19,20)13-14)16(18)12-21-15-7-5-4-6-8-15/h4-8,14H,2-3,9-13H2,1H3. The molecule has 1 saturated heterocycles. The van der Waals surface area contributed by atoms with Crippen molar-refractivity contribution in [1.82, 2.24) is 4.90 Å². The van der Waals surface area contributed by atoms with Crippen LogP contribution in [0, 0.1) is 0 Å². The van der Waals surface area contributed by atoms with Crippen molar-refractivity contribution < 1.29 is 13.2 Å². The Kier molecular flexibility index (Phi) is 6.32. The van der Waals surface area contributed by atoms with Crippen LogP contribution in [-0.4, -0.2) is 49.1 Å². The first-order valence-corrected chi connectivity index (χ1v) is 10.5. The molecule has 1 heterocycles. The van der Waals surface area contributed by atoms with Crippen molar-refractivity contribution in [2.45, 2.75) is 37.1 Å². The smallest absolute Gasteiger partial charge is 0.233 e. The third-order valence-corrected chi connectivity index (χ3v) is 6.57. The Balaban J connectivity index is 1.97. The number of nitrogens with zero attached hydrogens (tertiary/aromatic N) is 1. The monoisotopic (exact) mass is 341 g/mol. The van der Waals surface area contributed by atoms with Crippen LogP contribution in [0.25, 0.3) is 0 Å². The Morgan fingerprint density at radius 2 is 2.05 bits per heavy atom. The lowest BCUT2D eigenvalue weighted by molar-refractivity contribution is -0.130. The Hall–Kier alpha value is -1.01. The molecule has 0 saturated carbocycles. The summed E-state index contributed by atoms with van der Waals surface area (Å²) in [6.45, 7) is 2.73. The summed E-state index contributed by atoms with van der Waals surface area (Å²) in [6.07, 6.45) is 2.49. The average Bonchev–Trinajstić information content (AvgIpc) is 2.86. The van der Waals surface area contributed by atoms with E-state index in [0.717, 1.165) is 17.7 Å². The van der Waals surface area contributed by atoms with E-state index in [1.54, 1.807) is 4.90 Å². The Bertz CT molecular complexity index is 587. The van der Waals surface area contributed by atoms with E-state index in [4.69, 9.17) is 0 Å². The van der Waals surface area contributed by atoms with E-state index in [2.05, 4.69) is 6.92 Å². The molecule has 6 heteroatoms. The quantitative estimate of drug-likeness (QED) is 0.715. The summed E-state index contributed by atoms with van der Waals surface area (Å²) in [5, 5.41) is 0. The number of carbonyl (C=O) groups is 1. The number of hydrogen-bond acceptors (Lipinski definition) is 4. The molecule has 0 aliphatic carbocycles. The first-order chi connectivity index (χ1) is 10.5. The van der Waals surface area contributed by atoms with Gasteiger partial charge >= 0.3 is 0 Å². The molecule has 122 valence electrons. The lowest BCUT2D eigenvalue weighted by Crippen LogP contribution is -2.42. The van der Waals surface area contributed by atoms with Crippen LogP contribution in [0.4, 0.5) is 0 Å². The van der Waals surface area contributed by atoms with Gasteiger partial charge in [-0.1, -0.05) is 31.5 Å². The van der Waals surface area contributed by atoms with E-state index in [1.165, 1.54) is 11.8 Å². The molecule has 2 rings (SSSR count). The van der Waals surface area contributed by atoms with E-state index in [-0.39, 0.29) is 23.5 Å². The second kappa shape index (κ2) is 8.02. The number of carbonyl (C=O) groups excluding carboxylic acids is 1. The topological polar surface area (TPSA) is 54.5 Å². The highest BCUT2D eigenvalue weighted by atomic mass is 32.2. The van der Waals surface area contributed by atoms with E-state index in [0.29, 0.717) is 18.7 Å². The van der Waals surface area contributed by atoms with Crippen molar-refractivity contribution in [3.05, 3.63) is 30.3 Å². The molecule has 1 unspecified atom stereocenters. The molecule has 1 fully saturated rings. The van der Waals surface area contributed by atoms with E-state index < -0.39 is 9.84 Å². The summed E-state index contributed by atoms with van der Waals surface area (Å²) in [7, 11) is -2.97. The minimum atomic E-state index is -2.97. The molecule has 0 spiro atoms. The molecule has 1 amide bonds. The zero-order chi connectivity index (χ0) is 16.0. The van der Waals surface area contributed by atoms with Crippen molar-refractivity contribution in [3.8, 4) is 0 Å². The minimum Gasteiger partial charge on any atom is -0.338 e. The summed E-state index contributed by atoms with van der Waals surface area (Å²) in [5.41, 5.74) is 0. The van der Waals surface area contributed by atoms with Crippen LogP contribution < -0.4 is 0 Å². The molecule has 0 bridgehead atoms. The molecule has 1 aliphatic rings. The van der Waals surface area contributed by atoms with Gasteiger partial charge in [0.2, 0.25) is 5.91 Å². The number of thioether (sulfide) groups is 1. The predicted molar refractivity (Wildman–Crippen MR) is 90.8 cm³/mol. The molecule has 0 radical (unpaired) electrons. The van der Waals surface area contributed by atoms with Crippen LogP contribution in [-0.2, 0) is 14.6 Å². The van der Waals surface area contributed by atoms with Gasteiger partial charge < -0.3 is 4.90 Å². The molecule has 0 N–H and O–H groups in total. The van der Waals surface area contributed by atoms with Gasteiger partial charge in [-0.25, -0.2) is 8.42 Å². The first-order valence-electron chi connectivity index (χ1n) is 7.69. The third kappa shape index (κ3) is 5.02. The van der Waals surface area contributed by atoms with Crippen LogP contribution in [0.5, 0.6) is 0 Å². The largest absolute Gasteiger partial charge is 0.338 e. The van der Waals surface area contributed by atoms with Gasteiger partial charge in [-0.2, -0.15) is 0 Å². The Morgan fingerprint density at radius 3 is 2.64 bits per heavy atom. The number of rotatable bonds is 7. The second-order valence-corrected chi connectivity index (χ2v) is 8.88. The number of amides is 1. The molecular formula is C16H23NO3S2. The molecule has 22 heavy (non-hydrogen) atoms. The van der Waals surface area contributed by atoms with E-state index >= 15 is 0 Å².